The number of hydrogen-bond acceptors (Lipinski definition) is 5. The molecule has 0 atom stereocenters. The van der Waals surface area contributed by atoms with E-state index in [2.05, 4.69) is 42.5 Å². The van der Waals surface area contributed by atoms with E-state index in [0.29, 0.717) is 25.9 Å². The molecule has 3 rings (SSSR count). The summed E-state index contributed by atoms with van der Waals surface area (Å²) in [5.74, 6) is -0.817. The first-order valence-corrected chi connectivity index (χ1v) is 11.0. The van der Waals surface area contributed by atoms with Gasteiger partial charge in [0, 0.05) is 21.1 Å². The number of methoxy groups -OCH3 is 1. The molecule has 0 heterocycles. The summed E-state index contributed by atoms with van der Waals surface area (Å²) in [7, 11) is 1.44. The fourth-order valence-electron chi connectivity index (χ4n) is 2.82. The first-order valence-electron chi connectivity index (χ1n) is 9.45. The highest BCUT2D eigenvalue weighted by molar-refractivity contribution is 9.10. The molecule has 3 aromatic carbocycles. The molecule has 0 radical (unpaired) electrons. The van der Waals surface area contributed by atoms with E-state index in [1.807, 2.05) is 0 Å². The fourth-order valence-corrected chi connectivity index (χ4v) is 3.56. The van der Waals surface area contributed by atoms with Crippen LogP contribution >= 0.6 is 31.9 Å². The molecule has 168 valence electrons. The van der Waals surface area contributed by atoms with E-state index in [0.717, 1.165) is 0 Å². The Labute approximate surface area is 206 Å². The number of nitro benzene ring substituents is 1. The molecule has 0 bridgehead atoms. The molecule has 0 spiro atoms. The van der Waals surface area contributed by atoms with E-state index in [1.165, 1.54) is 37.5 Å². The standard InChI is InChI=1S/C23H17Br2N3O5/c1-33-21-11-8-15(24)13-17(21)22(29)27-20(12-14-6-9-16(10-7-14)28(31)32)23(30)26-19-5-3-2-4-18(19)25/h2-13H,1H3,(H,26,30)(H,27,29)/b20-12-. The quantitative estimate of drug-likeness (QED) is 0.219. The maximum absolute atomic E-state index is 13.1. The summed E-state index contributed by atoms with van der Waals surface area (Å²) < 4.78 is 6.58. The molecule has 0 unspecified atom stereocenters. The summed E-state index contributed by atoms with van der Waals surface area (Å²) in [5, 5.41) is 16.3. The third-order valence-electron chi connectivity index (χ3n) is 4.44. The first kappa shape index (κ1) is 24.1. The van der Waals surface area contributed by atoms with Gasteiger partial charge in [0.2, 0.25) is 0 Å². The molecular formula is C23H17Br2N3O5. The highest BCUT2D eigenvalue weighted by Gasteiger charge is 2.19. The Hall–Kier alpha value is -3.50. The molecule has 8 nitrogen and oxygen atoms in total. The van der Waals surface area contributed by atoms with Crippen molar-refractivity contribution in [1.29, 1.82) is 0 Å². The van der Waals surface area contributed by atoms with Crippen LogP contribution in [0.15, 0.2) is 81.4 Å². The van der Waals surface area contributed by atoms with Gasteiger partial charge in [-0.1, -0.05) is 28.1 Å². The molecule has 0 aromatic heterocycles. The molecular weight excluding hydrogens is 558 g/mol. The third-order valence-corrected chi connectivity index (χ3v) is 5.62. The Kier molecular flexibility index (Phi) is 7.96. The van der Waals surface area contributed by atoms with Gasteiger partial charge in [-0.2, -0.15) is 0 Å². The molecule has 2 N–H and O–H groups in total. The number of hydrogen-bond donors (Lipinski definition) is 2. The molecule has 3 aromatic rings. The highest BCUT2D eigenvalue weighted by Crippen LogP contribution is 2.25. The van der Waals surface area contributed by atoms with Crippen LogP contribution < -0.4 is 15.4 Å². The molecule has 10 heteroatoms. The largest absolute Gasteiger partial charge is 0.496 e. The van der Waals surface area contributed by atoms with Crippen molar-refractivity contribution in [3.8, 4) is 5.75 Å². The van der Waals surface area contributed by atoms with Crippen LogP contribution in [0.5, 0.6) is 5.75 Å². The van der Waals surface area contributed by atoms with Crippen molar-refractivity contribution in [2.75, 3.05) is 12.4 Å². The second-order valence-electron chi connectivity index (χ2n) is 6.64. The van der Waals surface area contributed by atoms with Crippen LogP contribution in [0.4, 0.5) is 11.4 Å². The lowest BCUT2D eigenvalue weighted by molar-refractivity contribution is -0.384. The predicted octanol–water partition coefficient (Wildman–Crippen LogP) is 5.54. The lowest BCUT2D eigenvalue weighted by atomic mass is 10.1. The van der Waals surface area contributed by atoms with Crippen molar-refractivity contribution in [2.45, 2.75) is 0 Å². The van der Waals surface area contributed by atoms with Gasteiger partial charge in [-0.05, 0) is 70.0 Å². The Bertz CT molecular complexity index is 1240. The van der Waals surface area contributed by atoms with Crippen molar-refractivity contribution in [2.24, 2.45) is 0 Å². The van der Waals surface area contributed by atoms with Crippen molar-refractivity contribution >= 4 is 61.1 Å². The highest BCUT2D eigenvalue weighted by atomic mass is 79.9. The Balaban J connectivity index is 1.96. The van der Waals surface area contributed by atoms with Gasteiger partial charge in [0.15, 0.2) is 0 Å². The summed E-state index contributed by atoms with van der Waals surface area (Å²) in [5.41, 5.74) is 1.06. The Morgan fingerprint density at radius 1 is 1.03 bits per heavy atom. The zero-order valence-corrected chi connectivity index (χ0v) is 20.3. The van der Waals surface area contributed by atoms with E-state index >= 15 is 0 Å². The number of nitrogens with zero attached hydrogens (tertiary/aromatic N) is 1. The fraction of sp³-hybridized carbons (Fsp3) is 0.0435. The summed E-state index contributed by atoms with van der Waals surface area (Å²) in [6, 6.07) is 17.5. The Morgan fingerprint density at radius 3 is 2.36 bits per heavy atom. The van der Waals surface area contributed by atoms with Crippen LogP contribution in [0.25, 0.3) is 6.08 Å². The van der Waals surface area contributed by atoms with Crippen molar-refractivity contribution in [3.05, 3.63) is 103 Å². The van der Waals surface area contributed by atoms with Gasteiger partial charge < -0.3 is 15.4 Å². The lowest BCUT2D eigenvalue weighted by Crippen LogP contribution is -2.31. The maximum Gasteiger partial charge on any atom is 0.272 e. The number of nitro groups is 1. The molecule has 2 amide bonds. The number of halogens is 2. The van der Waals surface area contributed by atoms with E-state index in [9.17, 15) is 19.7 Å². The van der Waals surface area contributed by atoms with E-state index < -0.39 is 16.7 Å². The summed E-state index contributed by atoms with van der Waals surface area (Å²) in [6.07, 6.45) is 1.43. The van der Waals surface area contributed by atoms with Gasteiger partial charge in [-0.15, -0.1) is 0 Å². The lowest BCUT2D eigenvalue weighted by Gasteiger charge is -2.14. The van der Waals surface area contributed by atoms with Gasteiger partial charge in [0.1, 0.15) is 11.4 Å². The molecule has 33 heavy (non-hydrogen) atoms. The van der Waals surface area contributed by atoms with Gasteiger partial charge in [0.25, 0.3) is 17.5 Å². The number of ether oxygens (including phenoxy) is 1. The SMILES string of the molecule is COc1ccc(Br)cc1C(=O)N/C(=C\c1ccc([N+](=O)[O-])cc1)C(=O)Nc1ccccc1Br. The average Bonchev–Trinajstić information content (AvgIpc) is 2.80. The predicted molar refractivity (Wildman–Crippen MR) is 132 cm³/mol. The van der Waals surface area contributed by atoms with Crippen LogP contribution in [0.1, 0.15) is 15.9 Å². The minimum absolute atomic E-state index is 0.0633. The summed E-state index contributed by atoms with van der Waals surface area (Å²) in [4.78, 5) is 36.5. The van der Waals surface area contributed by atoms with Gasteiger partial charge in [-0.25, -0.2) is 0 Å². The molecule has 0 fully saturated rings. The van der Waals surface area contributed by atoms with Crippen LogP contribution in [0, 0.1) is 10.1 Å². The summed E-state index contributed by atoms with van der Waals surface area (Å²) in [6.45, 7) is 0. The average molecular weight is 575 g/mol. The van der Waals surface area contributed by atoms with Crippen LogP contribution in [0.2, 0.25) is 0 Å². The minimum atomic E-state index is -0.581. The Morgan fingerprint density at radius 2 is 1.73 bits per heavy atom. The molecule has 0 saturated carbocycles. The number of benzene rings is 3. The molecule has 0 saturated heterocycles. The topological polar surface area (TPSA) is 111 Å². The number of nitrogens with one attached hydrogen (secondary N) is 2. The van der Waals surface area contributed by atoms with E-state index in [4.69, 9.17) is 4.74 Å². The molecule has 0 aliphatic rings. The van der Waals surface area contributed by atoms with E-state index in [1.54, 1.807) is 42.5 Å². The number of carbonyl (C=O) groups excluding carboxylic acids is 2. The van der Waals surface area contributed by atoms with Crippen LogP contribution in [0.3, 0.4) is 0 Å². The van der Waals surface area contributed by atoms with Gasteiger partial charge in [0.05, 0.1) is 23.3 Å². The maximum atomic E-state index is 13.1. The number of amides is 2. The number of non-ortho nitro benzene ring substituents is 1. The number of para-hydroxylation sites is 1. The van der Waals surface area contributed by atoms with Crippen molar-refractivity contribution < 1.29 is 19.2 Å². The third kappa shape index (κ3) is 6.27. The second-order valence-corrected chi connectivity index (χ2v) is 8.41. The molecule has 0 aliphatic heterocycles. The van der Waals surface area contributed by atoms with E-state index in [-0.39, 0.29) is 16.9 Å². The number of carbonyl (C=O) groups is 2. The number of rotatable bonds is 7. The normalized spacial score (nSPS) is 10.9. The van der Waals surface area contributed by atoms with Crippen molar-refractivity contribution in [1.82, 2.24) is 5.32 Å². The number of anilines is 1. The van der Waals surface area contributed by atoms with Gasteiger partial charge >= 0.3 is 0 Å². The van der Waals surface area contributed by atoms with Crippen LogP contribution in [-0.4, -0.2) is 23.8 Å². The zero-order chi connectivity index (χ0) is 24.0. The smallest absolute Gasteiger partial charge is 0.272 e. The van der Waals surface area contributed by atoms with Crippen LogP contribution in [-0.2, 0) is 4.79 Å². The van der Waals surface area contributed by atoms with Crippen molar-refractivity contribution in [3.63, 3.8) is 0 Å². The zero-order valence-electron chi connectivity index (χ0n) is 17.2. The monoisotopic (exact) mass is 573 g/mol. The summed E-state index contributed by atoms with van der Waals surface area (Å²) >= 11 is 6.69. The second kappa shape index (κ2) is 10.9. The minimum Gasteiger partial charge on any atom is -0.496 e. The first-order chi connectivity index (χ1) is 15.8. The van der Waals surface area contributed by atoms with Gasteiger partial charge in [-0.3, -0.25) is 19.7 Å². The molecule has 0 aliphatic carbocycles.